The second-order valence-corrected chi connectivity index (χ2v) is 8.44. The number of anilines is 3. The molecule has 0 aliphatic carbocycles. The Morgan fingerprint density at radius 3 is 2.44 bits per heavy atom. The zero-order chi connectivity index (χ0) is 23.3. The molecule has 0 saturated carbocycles. The maximum absolute atomic E-state index is 9.26. The van der Waals surface area contributed by atoms with Gasteiger partial charge in [-0.05, 0) is 30.3 Å². The molecule has 2 aliphatic heterocycles. The second-order valence-electron chi connectivity index (χ2n) is 8.44. The van der Waals surface area contributed by atoms with Crippen molar-refractivity contribution in [1.82, 2.24) is 24.8 Å². The molecule has 2 aliphatic rings. The summed E-state index contributed by atoms with van der Waals surface area (Å²) in [6, 6.07) is 9.73. The van der Waals surface area contributed by atoms with Gasteiger partial charge in [-0.1, -0.05) is 0 Å². The van der Waals surface area contributed by atoms with Gasteiger partial charge in [0.1, 0.15) is 11.6 Å². The molecular weight excluding hydrogens is 432 g/mol. The van der Waals surface area contributed by atoms with Gasteiger partial charge in [-0.15, -0.1) is 0 Å². The first-order chi connectivity index (χ1) is 16.7. The number of rotatable bonds is 6. The van der Waals surface area contributed by atoms with Gasteiger partial charge >= 0.3 is 0 Å². The topological polar surface area (TPSA) is 117 Å². The molecule has 3 aromatic heterocycles. The predicted molar refractivity (Wildman–Crippen MR) is 132 cm³/mol. The van der Waals surface area contributed by atoms with Crippen LogP contribution < -0.4 is 15.5 Å². The maximum atomic E-state index is 9.26. The maximum Gasteiger partial charge on any atom is 0.226 e. The number of aromatic nitrogens is 4. The summed E-state index contributed by atoms with van der Waals surface area (Å²) in [4.78, 5) is 25.6. The summed E-state index contributed by atoms with van der Waals surface area (Å²) >= 11 is 0. The number of aliphatic hydroxyl groups excluding tert-OH is 1. The highest BCUT2D eigenvalue weighted by atomic mass is 16.5. The lowest BCUT2D eigenvalue weighted by Gasteiger charge is -2.35. The summed E-state index contributed by atoms with van der Waals surface area (Å²) < 4.78 is 5.53. The van der Waals surface area contributed by atoms with Crippen molar-refractivity contribution in [2.24, 2.45) is 0 Å². The van der Waals surface area contributed by atoms with Crippen molar-refractivity contribution in [3.05, 3.63) is 42.7 Å². The van der Waals surface area contributed by atoms with Crippen LogP contribution in [0.1, 0.15) is 0 Å². The van der Waals surface area contributed by atoms with E-state index >= 15 is 0 Å². The van der Waals surface area contributed by atoms with Gasteiger partial charge in [0.25, 0.3) is 0 Å². The number of aliphatic hydroxyl groups is 1. The van der Waals surface area contributed by atoms with Gasteiger partial charge in [0.2, 0.25) is 5.95 Å². The Balaban J connectivity index is 1.53. The molecule has 10 heteroatoms. The van der Waals surface area contributed by atoms with Crippen LogP contribution in [0.3, 0.4) is 0 Å². The van der Waals surface area contributed by atoms with Crippen molar-refractivity contribution in [3.8, 4) is 22.5 Å². The molecule has 2 saturated heterocycles. The first-order valence-corrected chi connectivity index (χ1v) is 11.7. The fraction of sp³-hybridized carbons (Fsp3) is 0.417. The lowest BCUT2D eigenvalue weighted by atomic mass is 10.1. The summed E-state index contributed by atoms with van der Waals surface area (Å²) in [5.41, 5.74) is 9.28. The molecule has 0 amide bonds. The molecule has 3 N–H and O–H groups in total. The highest BCUT2D eigenvalue weighted by Gasteiger charge is 2.23. The molecule has 0 bridgehead atoms. The Kier molecular flexibility index (Phi) is 6.79. The Bertz CT molecular complexity index is 1100. The number of nitrogen functional groups attached to an aromatic ring is 1. The van der Waals surface area contributed by atoms with Crippen molar-refractivity contribution in [1.29, 1.82) is 0 Å². The molecule has 5 heterocycles. The molecule has 178 valence electrons. The Hall–Kier alpha value is -3.34. The van der Waals surface area contributed by atoms with Gasteiger partial charge < -0.3 is 25.4 Å². The average Bonchev–Trinajstić information content (AvgIpc) is 2.90. The highest BCUT2D eigenvalue weighted by Crippen LogP contribution is 2.32. The third-order valence-corrected chi connectivity index (χ3v) is 6.24. The van der Waals surface area contributed by atoms with Gasteiger partial charge in [-0.25, -0.2) is 19.9 Å². The molecule has 3 aromatic rings. The average molecular weight is 463 g/mol. The first kappa shape index (κ1) is 22.5. The van der Waals surface area contributed by atoms with Gasteiger partial charge in [-0.2, -0.15) is 0 Å². The Morgan fingerprint density at radius 1 is 0.912 bits per heavy atom. The third kappa shape index (κ3) is 4.93. The van der Waals surface area contributed by atoms with E-state index in [0.717, 1.165) is 67.6 Å². The Labute approximate surface area is 199 Å². The molecule has 34 heavy (non-hydrogen) atoms. The zero-order valence-corrected chi connectivity index (χ0v) is 19.2. The van der Waals surface area contributed by atoms with Crippen molar-refractivity contribution >= 4 is 17.6 Å². The molecule has 0 spiro atoms. The van der Waals surface area contributed by atoms with Crippen LogP contribution >= 0.6 is 0 Å². The fourth-order valence-corrected chi connectivity index (χ4v) is 4.36. The molecule has 0 aromatic carbocycles. The quantitative estimate of drug-likeness (QED) is 0.552. The summed E-state index contributed by atoms with van der Waals surface area (Å²) in [6.07, 6.45) is 3.57. The van der Waals surface area contributed by atoms with E-state index in [1.54, 1.807) is 12.3 Å². The smallest absolute Gasteiger partial charge is 0.226 e. The normalized spacial score (nSPS) is 17.2. The molecule has 0 atom stereocenters. The zero-order valence-electron chi connectivity index (χ0n) is 19.2. The summed E-state index contributed by atoms with van der Waals surface area (Å²) in [5, 5.41) is 9.26. The van der Waals surface area contributed by atoms with Crippen LogP contribution in [0.4, 0.5) is 17.6 Å². The molecule has 10 nitrogen and oxygen atoms in total. The van der Waals surface area contributed by atoms with Gasteiger partial charge in [0.15, 0.2) is 0 Å². The van der Waals surface area contributed by atoms with Gasteiger partial charge in [0.05, 0.1) is 31.2 Å². The van der Waals surface area contributed by atoms with Crippen LogP contribution in [0.15, 0.2) is 42.7 Å². The summed E-state index contributed by atoms with van der Waals surface area (Å²) in [7, 11) is 0. The van der Waals surface area contributed by atoms with E-state index in [2.05, 4.69) is 25.8 Å². The van der Waals surface area contributed by atoms with Crippen LogP contribution in [-0.2, 0) is 4.74 Å². The van der Waals surface area contributed by atoms with Crippen molar-refractivity contribution in [2.75, 3.05) is 81.2 Å². The van der Waals surface area contributed by atoms with Crippen LogP contribution in [0.5, 0.6) is 0 Å². The number of morpholine rings is 1. The lowest BCUT2D eigenvalue weighted by Crippen LogP contribution is -2.47. The second kappa shape index (κ2) is 10.3. The predicted octanol–water partition coefficient (Wildman–Crippen LogP) is 1.13. The SMILES string of the molecule is Nc1ccc(-c2cc(-c3cccnc3N3CCN(CCO)CC3)nc(N3CCOCC3)n2)cn1. The van der Waals surface area contributed by atoms with Crippen molar-refractivity contribution in [3.63, 3.8) is 0 Å². The van der Waals surface area contributed by atoms with Crippen molar-refractivity contribution < 1.29 is 9.84 Å². The molecular formula is C24H30N8O2. The molecule has 0 unspecified atom stereocenters. The number of piperazine rings is 1. The van der Waals surface area contributed by atoms with Crippen molar-refractivity contribution in [2.45, 2.75) is 0 Å². The molecule has 2 fully saturated rings. The number of ether oxygens (including phenoxy) is 1. The number of nitrogens with zero attached hydrogens (tertiary/aromatic N) is 7. The number of β-amino-alcohol motifs (C(OH)–C–C–N with tert-alkyl or cyclic N) is 1. The highest BCUT2D eigenvalue weighted by molar-refractivity contribution is 5.77. The minimum atomic E-state index is 0.183. The Morgan fingerprint density at radius 2 is 1.71 bits per heavy atom. The number of hydrogen-bond donors (Lipinski definition) is 2. The van der Waals surface area contributed by atoms with E-state index in [9.17, 15) is 5.11 Å². The number of nitrogens with two attached hydrogens (primary N) is 1. The van der Waals surface area contributed by atoms with E-state index in [-0.39, 0.29) is 6.61 Å². The first-order valence-electron chi connectivity index (χ1n) is 11.7. The van der Waals surface area contributed by atoms with E-state index in [1.165, 1.54) is 0 Å². The van der Waals surface area contributed by atoms with E-state index in [0.29, 0.717) is 31.5 Å². The summed E-state index contributed by atoms with van der Waals surface area (Å²) in [5.74, 6) is 2.07. The number of pyridine rings is 2. The standard InChI is InChI=1S/C24H30N8O2/c25-22-4-3-18(17-27-22)20-16-21(29-24(28-20)32-11-14-34-15-12-32)19-2-1-5-26-23(19)31-8-6-30(7-9-31)10-13-33/h1-5,16-17,33H,6-15H2,(H2,25,27). The minimum absolute atomic E-state index is 0.183. The lowest BCUT2D eigenvalue weighted by molar-refractivity contribution is 0.122. The third-order valence-electron chi connectivity index (χ3n) is 6.24. The molecule has 0 radical (unpaired) electrons. The van der Waals surface area contributed by atoms with E-state index < -0.39 is 0 Å². The summed E-state index contributed by atoms with van der Waals surface area (Å²) in [6.45, 7) is 7.17. The van der Waals surface area contributed by atoms with Gasteiger partial charge in [0, 0.05) is 69.3 Å². The fourth-order valence-electron chi connectivity index (χ4n) is 4.36. The van der Waals surface area contributed by atoms with Crippen LogP contribution in [-0.4, -0.2) is 95.6 Å². The largest absolute Gasteiger partial charge is 0.395 e. The number of hydrogen-bond acceptors (Lipinski definition) is 10. The van der Waals surface area contributed by atoms with E-state index in [4.69, 9.17) is 25.4 Å². The monoisotopic (exact) mass is 462 g/mol. The minimum Gasteiger partial charge on any atom is -0.395 e. The molecule has 5 rings (SSSR count). The van der Waals surface area contributed by atoms with E-state index in [1.807, 2.05) is 24.4 Å². The van der Waals surface area contributed by atoms with Gasteiger partial charge in [-0.3, -0.25) is 4.90 Å². The van der Waals surface area contributed by atoms with Crippen LogP contribution in [0, 0.1) is 0 Å². The van der Waals surface area contributed by atoms with Crippen LogP contribution in [0.25, 0.3) is 22.5 Å². The van der Waals surface area contributed by atoms with Crippen LogP contribution in [0.2, 0.25) is 0 Å².